The van der Waals surface area contributed by atoms with Crippen LogP contribution in [0.2, 0.25) is 0 Å². The maximum atomic E-state index is 12.6. The molecule has 0 saturated heterocycles. The minimum absolute atomic E-state index is 0.0470. The van der Waals surface area contributed by atoms with Crippen LogP contribution in [0, 0.1) is 6.92 Å². The third kappa shape index (κ3) is 2.11. The van der Waals surface area contributed by atoms with Gasteiger partial charge in [-0.1, -0.05) is 6.07 Å². The molecule has 1 heterocycles. The topological polar surface area (TPSA) is 47.2 Å². The Bertz CT molecular complexity index is 683. The summed E-state index contributed by atoms with van der Waals surface area (Å²) in [5.41, 5.74) is -1.28. The van der Waals surface area contributed by atoms with E-state index in [0.717, 1.165) is 16.8 Å². The first-order valence-corrected chi connectivity index (χ1v) is 5.38. The Kier molecular flexibility index (Phi) is 2.92. The number of halogens is 3. The zero-order valence-corrected chi connectivity index (χ0v) is 10.2. The van der Waals surface area contributed by atoms with E-state index in [2.05, 4.69) is 0 Å². The van der Waals surface area contributed by atoms with Gasteiger partial charge in [0.1, 0.15) is 0 Å². The molecule has 0 amide bonds. The number of hydrogen-bond acceptors (Lipinski definition) is 2. The van der Waals surface area contributed by atoms with Crippen LogP contribution in [-0.4, -0.2) is 14.5 Å². The number of aromatic hydroxyl groups is 1. The molecule has 1 aromatic carbocycles. The predicted octanol–water partition coefficient (Wildman–Crippen LogP) is 2.21. The van der Waals surface area contributed by atoms with E-state index in [9.17, 15) is 23.1 Å². The monoisotopic (exact) mass is 272 g/mol. The van der Waals surface area contributed by atoms with Crippen molar-refractivity contribution in [3.63, 3.8) is 0 Å². The maximum absolute atomic E-state index is 12.6. The van der Waals surface area contributed by atoms with E-state index in [-0.39, 0.29) is 11.4 Å². The van der Waals surface area contributed by atoms with Gasteiger partial charge in [-0.2, -0.15) is 13.2 Å². The highest BCUT2D eigenvalue weighted by Crippen LogP contribution is 2.30. The second-order valence-electron chi connectivity index (χ2n) is 4.12. The SMILES string of the molecule is Cc1c(O)c(=O)n(-c2cccc(C(F)(F)F)c2)n1C. The van der Waals surface area contributed by atoms with Crippen LogP contribution in [0.3, 0.4) is 0 Å². The van der Waals surface area contributed by atoms with Crippen LogP contribution < -0.4 is 5.56 Å². The molecule has 0 aliphatic rings. The first kappa shape index (κ1) is 13.3. The van der Waals surface area contributed by atoms with E-state index in [1.165, 1.54) is 30.8 Å². The van der Waals surface area contributed by atoms with Crippen LogP contribution in [0.1, 0.15) is 11.3 Å². The Morgan fingerprint density at radius 1 is 1.26 bits per heavy atom. The van der Waals surface area contributed by atoms with Crippen molar-refractivity contribution in [1.82, 2.24) is 9.36 Å². The fourth-order valence-corrected chi connectivity index (χ4v) is 1.80. The summed E-state index contributed by atoms with van der Waals surface area (Å²) in [6.07, 6.45) is -4.48. The Hall–Kier alpha value is -2.18. The smallest absolute Gasteiger partial charge is 0.416 e. The molecule has 0 saturated carbocycles. The zero-order valence-electron chi connectivity index (χ0n) is 10.2. The van der Waals surface area contributed by atoms with E-state index in [0.29, 0.717) is 0 Å². The Morgan fingerprint density at radius 2 is 1.89 bits per heavy atom. The Labute approximate surface area is 106 Å². The normalized spacial score (nSPS) is 11.8. The van der Waals surface area contributed by atoms with Crippen molar-refractivity contribution in [2.24, 2.45) is 7.05 Å². The molecular formula is C12H11F3N2O2. The fourth-order valence-electron chi connectivity index (χ4n) is 1.80. The number of nitrogens with zero attached hydrogens (tertiary/aromatic N) is 2. The quantitative estimate of drug-likeness (QED) is 0.865. The van der Waals surface area contributed by atoms with Crippen LogP contribution in [0.25, 0.3) is 5.69 Å². The second kappa shape index (κ2) is 4.18. The molecule has 7 heteroatoms. The van der Waals surface area contributed by atoms with E-state index < -0.39 is 23.0 Å². The molecule has 0 radical (unpaired) electrons. The lowest BCUT2D eigenvalue weighted by molar-refractivity contribution is -0.137. The molecule has 0 aliphatic carbocycles. The molecule has 19 heavy (non-hydrogen) atoms. The van der Waals surface area contributed by atoms with Gasteiger partial charge in [-0.3, -0.25) is 9.48 Å². The summed E-state index contributed by atoms with van der Waals surface area (Å²) in [7, 11) is 1.48. The summed E-state index contributed by atoms with van der Waals surface area (Å²) in [4.78, 5) is 11.8. The molecule has 2 rings (SSSR count). The lowest BCUT2D eigenvalue weighted by atomic mass is 10.2. The van der Waals surface area contributed by atoms with E-state index >= 15 is 0 Å². The van der Waals surface area contributed by atoms with Crippen LogP contribution >= 0.6 is 0 Å². The molecular weight excluding hydrogens is 261 g/mol. The summed E-state index contributed by atoms with van der Waals surface area (Å²) in [6.45, 7) is 1.50. The molecule has 0 aliphatic heterocycles. The summed E-state index contributed by atoms with van der Waals surface area (Å²) in [5, 5.41) is 9.52. The van der Waals surface area contributed by atoms with Gasteiger partial charge < -0.3 is 5.11 Å². The van der Waals surface area contributed by atoms with Crippen molar-refractivity contribution in [3.8, 4) is 11.4 Å². The first-order valence-electron chi connectivity index (χ1n) is 5.38. The molecule has 0 bridgehead atoms. The van der Waals surface area contributed by atoms with Gasteiger partial charge in [0.2, 0.25) is 5.75 Å². The highest BCUT2D eigenvalue weighted by Gasteiger charge is 2.31. The lowest BCUT2D eigenvalue weighted by Crippen LogP contribution is -2.20. The van der Waals surface area contributed by atoms with Crippen molar-refractivity contribution in [1.29, 1.82) is 0 Å². The van der Waals surface area contributed by atoms with Gasteiger partial charge >= 0.3 is 11.7 Å². The third-order valence-electron chi connectivity index (χ3n) is 2.94. The van der Waals surface area contributed by atoms with Gasteiger partial charge in [-0.05, 0) is 25.1 Å². The summed E-state index contributed by atoms with van der Waals surface area (Å²) in [5.74, 6) is -0.472. The minimum Gasteiger partial charge on any atom is -0.502 e. The van der Waals surface area contributed by atoms with Gasteiger partial charge in [0.15, 0.2) is 0 Å². The largest absolute Gasteiger partial charge is 0.502 e. The number of benzene rings is 1. The zero-order chi connectivity index (χ0) is 14.4. The van der Waals surface area contributed by atoms with E-state index in [4.69, 9.17) is 0 Å². The van der Waals surface area contributed by atoms with Crippen molar-refractivity contribution in [2.45, 2.75) is 13.1 Å². The second-order valence-corrected chi connectivity index (χ2v) is 4.12. The number of rotatable bonds is 1. The van der Waals surface area contributed by atoms with Crippen LogP contribution in [-0.2, 0) is 13.2 Å². The van der Waals surface area contributed by atoms with Gasteiger partial charge in [0, 0.05) is 7.05 Å². The highest BCUT2D eigenvalue weighted by atomic mass is 19.4. The van der Waals surface area contributed by atoms with E-state index in [1.54, 1.807) is 0 Å². The Balaban J connectivity index is 2.68. The summed E-state index contributed by atoms with van der Waals surface area (Å²) < 4.78 is 40.2. The van der Waals surface area contributed by atoms with Crippen LogP contribution in [0.5, 0.6) is 5.75 Å². The molecule has 0 atom stereocenters. The van der Waals surface area contributed by atoms with E-state index in [1.807, 2.05) is 0 Å². The van der Waals surface area contributed by atoms with Gasteiger partial charge in [0.05, 0.1) is 16.9 Å². The van der Waals surface area contributed by atoms with Gasteiger partial charge in [-0.25, -0.2) is 4.68 Å². The average Bonchev–Trinajstić information content (AvgIpc) is 2.53. The molecule has 2 aromatic rings. The highest BCUT2D eigenvalue weighted by molar-refractivity contribution is 5.39. The summed E-state index contributed by atoms with van der Waals surface area (Å²) >= 11 is 0. The first-order chi connectivity index (χ1) is 8.73. The number of aromatic nitrogens is 2. The number of alkyl halides is 3. The molecule has 1 aromatic heterocycles. The molecule has 0 unspecified atom stereocenters. The molecule has 1 N–H and O–H groups in total. The van der Waals surface area contributed by atoms with Crippen LogP contribution in [0.15, 0.2) is 29.1 Å². The van der Waals surface area contributed by atoms with Gasteiger partial charge in [0.25, 0.3) is 0 Å². The van der Waals surface area contributed by atoms with Crippen molar-refractivity contribution in [3.05, 3.63) is 45.9 Å². The van der Waals surface area contributed by atoms with Crippen molar-refractivity contribution >= 4 is 0 Å². The Morgan fingerprint density at radius 3 is 2.37 bits per heavy atom. The molecule has 0 fully saturated rings. The average molecular weight is 272 g/mol. The number of hydrogen-bond donors (Lipinski definition) is 1. The van der Waals surface area contributed by atoms with Crippen molar-refractivity contribution in [2.75, 3.05) is 0 Å². The standard InChI is InChI=1S/C12H11F3N2O2/c1-7-10(18)11(19)17(16(7)2)9-5-3-4-8(6-9)12(13,14)15/h3-6,18H,1-2H3. The lowest BCUT2D eigenvalue weighted by Gasteiger charge is -2.11. The maximum Gasteiger partial charge on any atom is 0.416 e. The molecule has 4 nitrogen and oxygen atoms in total. The van der Waals surface area contributed by atoms with Crippen molar-refractivity contribution < 1.29 is 18.3 Å². The predicted molar refractivity (Wildman–Crippen MR) is 62.4 cm³/mol. The van der Waals surface area contributed by atoms with Crippen LogP contribution in [0.4, 0.5) is 13.2 Å². The third-order valence-corrected chi connectivity index (χ3v) is 2.94. The van der Waals surface area contributed by atoms with Gasteiger partial charge in [-0.15, -0.1) is 0 Å². The molecule has 0 spiro atoms. The summed E-state index contributed by atoms with van der Waals surface area (Å²) in [6, 6.07) is 4.37. The molecule has 102 valence electrons. The fraction of sp³-hybridized carbons (Fsp3) is 0.250. The minimum atomic E-state index is -4.48.